The van der Waals surface area contributed by atoms with Gasteiger partial charge in [0.1, 0.15) is 12.1 Å². The molecule has 0 amide bonds. The highest BCUT2D eigenvalue weighted by molar-refractivity contribution is 6.04. The average molecular weight is 334 g/mol. The van der Waals surface area contributed by atoms with Crippen LogP contribution in [0, 0.1) is 0 Å². The van der Waals surface area contributed by atoms with Crippen molar-refractivity contribution >= 4 is 22.8 Å². The topological polar surface area (TPSA) is 139 Å². The summed E-state index contributed by atoms with van der Waals surface area (Å²) in [4.78, 5) is 19.6. The number of nitrogens with zero attached hydrogens (tertiary/aromatic N) is 6. The van der Waals surface area contributed by atoms with Gasteiger partial charge in [0.05, 0.1) is 11.4 Å². The van der Waals surface area contributed by atoms with Gasteiger partial charge in [-0.25, -0.2) is 24.5 Å². The lowest BCUT2D eigenvalue weighted by Crippen LogP contribution is -2.52. The zero-order valence-corrected chi connectivity index (χ0v) is 13.6. The second-order valence-corrected chi connectivity index (χ2v) is 5.93. The van der Waals surface area contributed by atoms with Crippen LogP contribution < -0.4 is 11.6 Å². The van der Waals surface area contributed by atoms with Gasteiger partial charge in [0, 0.05) is 19.6 Å². The molecule has 10 heteroatoms. The summed E-state index contributed by atoms with van der Waals surface area (Å²) in [6.45, 7) is 4.36. The molecule has 1 fully saturated rings. The summed E-state index contributed by atoms with van der Waals surface area (Å²) in [5.74, 6) is 5.07. The fourth-order valence-electron chi connectivity index (χ4n) is 3.14. The number of carboxylic acid groups (broad SMARTS) is 1. The van der Waals surface area contributed by atoms with Gasteiger partial charge in [-0.3, -0.25) is 5.84 Å². The van der Waals surface area contributed by atoms with Crippen LogP contribution in [0.3, 0.4) is 0 Å². The van der Waals surface area contributed by atoms with Gasteiger partial charge >= 0.3 is 5.97 Å². The van der Waals surface area contributed by atoms with Crippen LogP contribution in [0.5, 0.6) is 0 Å². The van der Waals surface area contributed by atoms with Gasteiger partial charge in [-0.05, 0) is 19.3 Å². The van der Waals surface area contributed by atoms with E-state index in [1.165, 1.54) is 6.33 Å². The van der Waals surface area contributed by atoms with Gasteiger partial charge < -0.3 is 10.8 Å². The van der Waals surface area contributed by atoms with Crippen LogP contribution in [-0.4, -0.2) is 60.6 Å². The number of carbonyl (C=O) groups is 1. The van der Waals surface area contributed by atoms with Gasteiger partial charge in [-0.2, -0.15) is 10.2 Å². The second kappa shape index (κ2) is 6.67. The third-order valence-electron chi connectivity index (χ3n) is 4.26. The molecule has 1 atom stereocenters. The second-order valence-electron chi connectivity index (χ2n) is 5.93. The first-order valence-electron chi connectivity index (χ1n) is 8.02. The van der Waals surface area contributed by atoms with E-state index in [-0.39, 0.29) is 17.6 Å². The number of aromatic nitrogens is 4. The van der Waals surface area contributed by atoms with Crippen molar-refractivity contribution in [2.24, 2.45) is 5.84 Å². The van der Waals surface area contributed by atoms with E-state index in [4.69, 9.17) is 11.6 Å². The third kappa shape index (κ3) is 2.90. The first-order valence-corrected chi connectivity index (χ1v) is 8.02. The summed E-state index contributed by atoms with van der Waals surface area (Å²) in [5.41, 5.74) is 6.18. The van der Waals surface area contributed by atoms with E-state index in [1.807, 2.05) is 0 Å². The molecule has 2 aromatic heterocycles. The average Bonchev–Trinajstić information content (AvgIpc) is 2.96. The lowest BCUT2D eigenvalue weighted by Gasteiger charge is -2.37. The Kier molecular flexibility index (Phi) is 4.60. The summed E-state index contributed by atoms with van der Waals surface area (Å²) in [6.07, 6.45) is 4.09. The SMILES string of the molecule is CCCN(N)N1CCC[C@@H](n2nc(C(=O)O)c3c(N)ncnc32)C1. The van der Waals surface area contributed by atoms with Crippen molar-refractivity contribution in [3.63, 3.8) is 0 Å². The molecule has 0 radical (unpaired) electrons. The van der Waals surface area contributed by atoms with E-state index in [0.717, 1.165) is 32.4 Å². The number of rotatable bonds is 5. The van der Waals surface area contributed by atoms with Gasteiger partial charge in [0.2, 0.25) is 0 Å². The van der Waals surface area contributed by atoms with E-state index < -0.39 is 5.97 Å². The van der Waals surface area contributed by atoms with Crippen molar-refractivity contribution in [2.75, 3.05) is 25.4 Å². The molecule has 130 valence electrons. The van der Waals surface area contributed by atoms with Crippen molar-refractivity contribution in [1.29, 1.82) is 0 Å². The highest BCUT2D eigenvalue weighted by Crippen LogP contribution is 2.28. The maximum atomic E-state index is 11.5. The number of nitrogens with two attached hydrogens (primary N) is 2. The quantitative estimate of drug-likeness (QED) is 0.518. The largest absolute Gasteiger partial charge is 0.476 e. The lowest BCUT2D eigenvalue weighted by molar-refractivity contribution is -0.0553. The van der Waals surface area contributed by atoms with Gasteiger partial charge in [-0.15, -0.1) is 0 Å². The maximum Gasteiger partial charge on any atom is 0.357 e. The summed E-state index contributed by atoms with van der Waals surface area (Å²) in [5, 5.41) is 17.7. The minimum atomic E-state index is -1.14. The first-order chi connectivity index (χ1) is 11.5. The summed E-state index contributed by atoms with van der Waals surface area (Å²) < 4.78 is 1.66. The fourth-order valence-corrected chi connectivity index (χ4v) is 3.14. The molecule has 1 saturated heterocycles. The number of hydrogen-bond acceptors (Lipinski definition) is 8. The maximum absolute atomic E-state index is 11.5. The first kappa shape index (κ1) is 16.6. The van der Waals surface area contributed by atoms with Gasteiger partial charge in [-0.1, -0.05) is 6.92 Å². The molecule has 0 saturated carbocycles. The summed E-state index contributed by atoms with van der Waals surface area (Å²) in [7, 11) is 0. The number of piperidine rings is 1. The molecule has 10 nitrogen and oxygen atoms in total. The number of nitrogen functional groups attached to an aromatic ring is 1. The molecule has 1 aliphatic rings. The fraction of sp³-hybridized carbons (Fsp3) is 0.571. The Morgan fingerprint density at radius 3 is 3.00 bits per heavy atom. The highest BCUT2D eigenvalue weighted by Gasteiger charge is 2.29. The molecule has 3 heterocycles. The number of carboxylic acids is 1. The molecule has 0 aliphatic carbocycles. The van der Waals surface area contributed by atoms with Crippen molar-refractivity contribution < 1.29 is 9.90 Å². The van der Waals surface area contributed by atoms with E-state index >= 15 is 0 Å². The van der Waals surface area contributed by atoms with Crippen molar-refractivity contribution in [3.05, 3.63) is 12.0 Å². The van der Waals surface area contributed by atoms with Gasteiger partial charge in [0.15, 0.2) is 11.3 Å². The number of hydrogen-bond donors (Lipinski definition) is 3. The molecule has 1 aliphatic heterocycles. The standard InChI is InChI=1S/C14H22N8O2/c1-2-5-21(16)20-6-3-4-9(7-20)22-13-10(11(19-22)14(23)24)12(15)17-8-18-13/h8-9H,2-7,16H2,1H3,(H,23,24)(H2,15,17,18)/t9-/m1/s1. The van der Waals surface area contributed by atoms with Crippen LogP contribution >= 0.6 is 0 Å². The van der Waals surface area contributed by atoms with Crippen molar-refractivity contribution in [1.82, 2.24) is 29.9 Å². The number of fused-ring (bicyclic) bond motifs is 1. The molecular weight excluding hydrogens is 312 g/mol. The van der Waals surface area contributed by atoms with Crippen LogP contribution in [0.4, 0.5) is 5.82 Å². The molecule has 0 bridgehead atoms. The predicted octanol–water partition coefficient (Wildman–Crippen LogP) is 0.244. The Labute approximate surface area is 139 Å². The zero-order valence-electron chi connectivity index (χ0n) is 13.6. The molecule has 3 rings (SSSR count). The molecule has 24 heavy (non-hydrogen) atoms. The van der Waals surface area contributed by atoms with Crippen molar-refractivity contribution in [2.45, 2.75) is 32.2 Å². The third-order valence-corrected chi connectivity index (χ3v) is 4.26. The molecule has 0 aromatic carbocycles. The Morgan fingerprint density at radius 2 is 2.29 bits per heavy atom. The van der Waals surface area contributed by atoms with E-state index in [2.05, 4.69) is 27.0 Å². The van der Waals surface area contributed by atoms with Crippen LogP contribution in [0.15, 0.2) is 6.33 Å². The summed E-state index contributed by atoms with van der Waals surface area (Å²) >= 11 is 0. The minimum absolute atomic E-state index is 0.0217. The monoisotopic (exact) mass is 334 g/mol. The van der Waals surface area contributed by atoms with E-state index in [9.17, 15) is 9.90 Å². The zero-order chi connectivity index (χ0) is 17.3. The molecule has 0 spiro atoms. The van der Waals surface area contributed by atoms with E-state index in [0.29, 0.717) is 17.6 Å². The Hall–Kier alpha value is -2.30. The van der Waals surface area contributed by atoms with Crippen LogP contribution in [0.2, 0.25) is 0 Å². The Balaban J connectivity index is 1.97. The van der Waals surface area contributed by atoms with Crippen molar-refractivity contribution in [3.8, 4) is 0 Å². The minimum Gasteiger partial charge on any atom is -0.476 e. The molecule has 0 unspecified atom stereocenters. The Morgan fingerprint density at radius 1 is 1.50 bits per heavy atom. The summed E-state index contributed by atoms with van der Waals surface area (Å²) in [6, 6.07) is -0.0217. The number of aromatic carboxylic acids is 1. The number of anilines is 1. The van der Waals surface area contributed by atoms with Gasteiger partial charge in [0.25, 0.3) is 0 Å². The molecule has 5 N–H and O–H groups in total. The molecule has 2 aromatic rings. The van der Waals surface area contributed by atoms with Crippen LogP contribution in [-0.2, 0) is 0 Å². The highest BCUT2D eigenvalue weighted by atomic mass is 16.4. The predicted molar refractivity (Wildman–Crippen MR) is 87.7 cm³/mol. The van der Waals surface area contributed by atoms with Crippen LogP contribution in [0.1, 0.15) is 42.7 Å². The number of hydrazine groups is 2. The smallest absolute Gasteiger partial charge is 0.357 e. The normalized spacial score (nSPS) is 19.2. The van der Waals surface area contributed by atoms with E-state index in [1.54, 1.807) is 9.80 Å². The Bertz CT molecular complexity index is 746. The molecular formula is C14H22N8O2. The lowest BCUT2D eigenvalue weighted by atomic mass is 10.1. The van der Waals surface area contributed by atoms with Crippen LogP contribution in [0.25, 0.3) is 11.0 Å².